The fourth-order valence-electron chi connectivity index (χ4n) is 2.85. The number of nitrogens with zero attached hydrogens (tertiary/aromatic N) is 2. The Bertz CT molecular complexity index is 883. The van der Waals surface area contributed by atoms with Gasteiger partial charge in [-0.25, -0.2) is 9.48 Å². The molecule has 0 amide bonds. The number of aromatic carboxylic acids is 1. The summed E-state index contributed by atoms with van der Waals surface area (Å²) in [6.07, 6.45) is 6.01. The first-order valence-electron chi connectivity index (χ1n) is 9.96. The molecule has 0 radical (unpaired) electrons. The molecule has 0 atom stereocenters. The number of hydrogen-bond donors (Lipinski definition) is 2. The van der Waals surface area contributed by atoms with Crippen LogP contribution in [-0.2, 0) is 13.0 Å². The molecule has 1 heterocycles. The second kappa shape index (κ2) is 11.6. The first-order chi connectivity index (χ1) is 14.0. The molecule has 8 heteroatoms. The van der Waals surface area contributed by atoms with Crippen molar-refractivity contribution >= 4 is 27.6 Å². The lowest BCUT2D eigenvalue weighted by molar-refractivity contribution is 0.0696. The summed E-state index contributed by atoms with van der Waals surface area (Å²) in [4.78, 5) is 23.4. The van der Waals surface area contributed by atoms with Gasteiger partial charge in [-0.1, -0.05) is 20.3 Å². The Kier molecular flexibility index (Phi) is 9.18. The van der Waals surface area contributed by atoms with Crippen molar-refractivity contribution < 1.29 is 14.6 Å². The highest BCUT2D eigenvalue weighted by molar-refractivity contribution is 9.10. The molecule has 0 saturated heterocycles. The number of halogens is 1. The molecule has 0 aliphatic carbocycles. The Morgan fingerprint density at radius 1 is 1.28 bits per heavy atom. The van der Waals surface area contributed by atoms with Gasteiger partial charge in [-0.15, -0.1) is 0 Å². The molecule has 2 aromatic rings. The lowest BCUT2D eigenvalue weighted by Gasteiger charge is -2.13. The Labute approximate surface area is 179 Å². The van der Waals surface area contributed by atoms with Gasteiger partial charge in [0, 0.05) is 13.1 Å². The van der Waals surface area contributed by atoms with Gasteiger partial charge in [-0.2, -0.15) is 5.10 Å². The lowest BCUT2D eigenvalue weighted by atomic mass is 10.0. The van der Waals surface area contributed by atoms with Crippen LogP contribution in [0.3, 0.4) is 0 Å². The van der Waals surface area contributed by atoms with Gasteiger partial charge < -0.3 is 15.2 Å². The van der Waals surface area contributed by atoms with Gasteiger partial charge in [0.25, 0.3) is 5.56 Å². The minimum atomic E-state index is -0.932. The van der Waals surface area contributed by atoms with Gasteiger partial charge in [-0.3, -0.25) is 4.79 Å². The number of rotatable bonds is 12. The summed E-state index contributed by atoms with van der Waals surface area (Å²) in [7, 11) is 0. The van der Waals surface area contributed by atoms with Crippen molar-refractivity contribution in [2.24, 2.45) is 0 Å². The van der Waals surface area contributed by atoms with E-state index < -0.39 is 5.97 Å². The summed E-state index contributed by atoms with van der Waals surface area (Å²) in [6, 6.07) is 4.99. The molecular weight excluding hydrogens is 438 g/mol. The summed E-state index contributed by atoms with van der Waals surface area (Å²) in [5.74, 6) is -0.202. The van der Waals surface area contributed by atoms with E-state index in [2.05, 4.69) is 33.3 Å². The first-order valence-corrected chi connectivity index (χ1v) is 10.8. The van der Waals surface area contributed by atoms with Crippen molar-refractivity contribution in [3.63, 3.8) is 0 Å². The molecule has 29 heavy (non-hydrogen) atoms. The minimum absolute atomic E-state index is 0.146. The van der Waals surface area contributed by atoms with E-state index in [4.69, 9.17) is 4.74 Å². The Balaban J connectivity index is 1.90. The molecule has 0 bridgehead atoms. The van der Waals surface area contributed by atoms with Crippen molar-refractivity contribution in [1.29, 1.82) is 0 Å². The van der Waals surface area contributed by atoms with Crippen LogP contribution in [0, 0.1) is 0 Å². The largest absolute Gasteiger partial charge is 0.493 e. The number of anilines is 1. The monoisotopic (exact) mass is 465 g/mol. The third kappa shape index (κ3) is 6.59. The molecule has 0 spiro atoms. The summed E-state index contributed by atoms with van der Waals surface area (Å²) < 4.78 is 7.81. The van der Waals surface area contributed by atoms with Gasteiger partial charge in [0.2, 0.25) is 0 Å². The van der Waals surface area contributed by atoms with Crippen LogP contribution in [0.25, 0.3) is 0 Å². The maximum Gasteiger partial charge on any atom is 0.335 e. The van der Waals surface area contributed by atoms with E-state index >= 15 is 0 Å². The van der Waals surface area contributed by atoms with Gasteiger partial charge in [0.05, 0.1) is 24.1 Å². The third-order valence-corrected chi connectivity index (χ3v) is 5.19. The number of aryl methyl sites for hydroxylation is 2. The zero-order valence-corrected chi connectivity index (χ0v) is 18.5. The van der Waals surface area contributed by atoms with Gasteiger partial charge in [-0.05, 0) is 65.4 Å². The summed E-state index contributed by atoms with van der Waals surface area (Å²) in [6.45, 7) is 5.79. The average Bonchev–Trinajstić information content (AvgIpc) is 2.71. The van der Waals surface area contributed by atoms with Crippen molar-refractivity contribution in [3.8, 4) is 5.75 Å². The van der Waals surface area contributed by atoms with Crippen LogP contribution in [0.15, 0.2) is 33.7 Å². The standard InChI is InChI=1S/C21H28BrN3O4/c1-3-5-7-15-13-16(21(27)28)8-9-18(15)29-12-6-10-23-17-14-24-25(11-4-2)20(26)19(17)22/h8-9,13-14,23H,3-7,10-12H2,1-2H3,(H,27,28). The zero-order chi connectivity index (χ0) is 21.2. The average molecular weight is 466 g/mol. The topological polar surface area (TPSA) is 93.4 Å². The molecule has 0 aliphatic rings. The Morgan fingerprint density at radius 3 is 2.76 bits per heavy atom. The van der Waals surface area contributed by atoms with E-state index in [1.165, 1.54) is 4.68 Å². The maximum absolute atomic E-state index is 12.2. The van der Waals surface area contributed by atoms with E-state index in [9.17, 15) is 14.7 Å². The number of aromatic nitrogens is 2. The van der Waals surface area contributed by atoms with Gasteiger partial charge >= 0.3 is 5.97 Å². The van der Waals surface area contributed by atoms with Crippen LogP contribution in [0.2, 0.25) is 0 Å². The smallest absolute Gasteiger partial charge is 0.335 e. The Morgan fingerprint density at radius 2 is 2.07 bits per heavy atom. The zero-order valence-electron chi connectivity index (χ0n) is 16.9. The number of carboxylic acid groups (broad SMARTS) is 1. The number of hydrogen-bond acceptors (Lipinski definition) is 5. The van der Waals surface area contributed by atoms with E-state index in [1.807, 2.05) is 6.92 Å². The normalized spacial score (nSPS) is 10.7. The number of carbonyl (C=O) groups is 1. The van der Waals surface area contributed by atoms with E-state index in [0.29, 0.717) is 29.9 Å². The molecule has 1 aromatic carbocycles. The van der Waals surface area contributed by atoms with E-state index in [0.717, 1.165) is 43.4 Å². The second-order valence-electron chi connectivity index (χ2n) is 6.76. The summed E-state index contributed by atoms with van der Waals surface area (Å²) in [5.41, 5.74) is 1.72. The number of benzene rings is 1. The molecule has 7 nitrogen and oxygen atoms in total. The number of nitrogens with one attached hydrogen (secondary N) is 1. The van der Waals surface area contributed by atoms with Gasteiger partial charge in [0.1, 0.15) is 10.2 Å². The van der Waals surface area contributed by atoms with Crippen molar-refractivity contribution in [2.75, 3.05) is 18.5 Å². The number of carboxylic acids is 1. The fraction of sp³-hybridized carbons (Fsp3) is 0.476. The molecule has 0 fully saturated rings. The van der Waals surface area contributed by atoms with Crippen LogP contribution in [-0.4, -0.2) is 34.0 Å². The maximum atomic E-state index is 12.2. The molecule has 0 saturated carbocycles. The second-order valence-corrected chi connectivity index (χ2v) is 7.55. The molecule has 0 aliphatic heterocycles. The van der Waals surface area contributed by atoms with Crippen LogP contribution >= 0.6 is 15.9 Å². The number of ether oxygens (including phenoxy) is 1. The highest BCUT2D eigenvalue weighted by Gasteiger charge is 2.10. The molecule has 158 valence electrons. The van der Waals surface area contributed by atoms with Crippen LogP contribution in [0.5, 0.6) is 5.75 Å². The van der Waals surface area contributed by atoms with E-state index in [1.54, 1.807) is 24.4 Å². The predicted molar refractivity (Wildman–Crippen MR) is 117 cm³/mol. The SMILES string of the molecule is CCCCc1cc(C(=O)O)ccc1OCCCNc1cnn(CCC)c(=O)c1Br. The van der Waals surface area contributed by atoms with Crippen LogP contribution in [0.4, 0.5) is 5.69 Å². The first kappa shape index (κ1) is 22.9. The molecule has 1 aromatic heterocycles. The van der Waals surface area contributed by atoms with E-state index in [-0.39, 0.29) is 11.1 Å². The Hall–Kier alpha value is -2.35. The van der Waals surface area contributed by atoms with Crippen LogP contribution < -0.4 is 15.6 Å². The minimum Gasteiger partial charge on any atom is -0.493 e. The molecular formula is C21H28BrN3O4. The van der Waals surface area contributed by atoms with Crippen molar-refractivity contribution in [1.82, 2.24) is 9.78 Å². The summed E-state index contributed by atoms with van der Waals surface area (Å²) in [5, 5.41) is 16.6. The highest BCUT2D eigenvalue weighted by Crippen LogP contribution is 2.23. The molecule has 0 unspecified atom stereocenters. The molecule has 2 rings (SSSR count). The predicted octanol–water partition coefficient (Wildman–Crippen LogP) is 4.34. The summed E-state index contributed by atoms with van der Waals surface area (Å²) >= 11 is 3.34. The molecule has 2 N–H and O–H groups in total. The number of unbranched alkanes of at least 4 members (excludes halogenated alkanes) is 1. The van der Waals surface area contributed by atoms with Crippen molar-refractivity contribution in [3.05, 3.63) is 50.3 Å². The third-order valence-electron chi connectivity index (χ3n) is 4.42. The van der Waals surface area contributed by atoms with Crippen molar-refractivity contribution in [2.45, 2.75) is 52.5 Å². The quantitative estimate of drug-likeness (QED) is 0.452. The lowest BCUT2D eigenvalue weighted by Crippen LogP contribution is -2.24. The fourth-order valence-corrected chi connectivity index (χ4v) is 3.30. The van der Waals surface area contributed by atoms with Gasteiger partial charge in [0.15, 0.2) is 0 Å². The van der Waals surface area contributed by atoms with Crippen LogP contribution in [0.1, 0.15) is 55.5 Å². The highest BCUT2D eigenvalue weighted by atomic mass is 79.9.